The number of nitrogens with zero attached hydrogens (tertiary/aromatic N) is 2. The van der Waals surface area contributed by atoms with Crippen LogP contribution in [0.25, 0.3) is 0 Å². The predicted molar refractivity (Wildman–Crippen MR) is 78.6 cm³/mol. The normalized spacial score (nSPS) is 12.5. The zero-order chi connectivity index (χ0) is 14.0. The van der Waals surface area contributed by atoms with E-state index in [0.717, 1.165) is 22.6 Å². The highest BCUT2D eigenvalue weighted by Gasteiger charge is 2.09. The van der Waals surface area contributed by atoms with Crippen LogP contribution in [0, 0.1) is 6.92 Å². The Morgan fingerprint density at radius 2 is 2.05 bits per heavy atom. The smallest absolute Gasteiger partial charge is 0.132 e. The molecule has 5 heteroatoms. The summed E-state index contributed by atoms with van der Waals surface area (Å²) in [6.45, 7) is 3.86. The lowest BCUT2D eigenvalue weighted by molar-refractivity contribution is 0.777. The molecular formula is C14H15Cl2N3. The summed E-state index contributed by atoms with van der Waals surface area (Å²) in [6.07, 6.45) is 2.36. The third-order valence-corrected chi connectivity index (χ3v) is 3.51. The van der Waals surface area contributed by atoms with Crippen molar-refractivity contribution in [2.45, 2.75) is 26.3 Å². The summed E-state index contributed by atoms with van der Waals surface area (Å²) in [5.41, 5.74) is 8.67. The highest BCUT2D eigenvalue weighted by molar-refractivity contribution is 6.35. The second-order valence-corrected chi connectivity index (χ2v) is 5.37. The first-order chi connectivity index (χ1) is 8.97. The topological polar surface area (TPSA) is 51.8 Å². The number of hydrogen-bond acceptors (Lipinski definition) is 3. The van der Waals surface area contributed by atoms with E-state index in [1.54, 1.807) is 12.3 Å². The predicted octanol–water partition coefficient (Wildman–Crippen LogP) is 3.70. The molecule has 1 aromatic heterocycles. The first kappa shape index (κ1) is 14.3. The maximum Gasteiger partial charge on any atom is 0.132 e. The SMILES string of the molecule is Cc1nc(Cc2ccc(Cl)cc2Cl)ncc1[C@H](C)N. The van der Waals surface area contributed by atoms with Crippen molar-refractivity contribution < 1.29 is 0 Å². The van der Waals surface area contributed by atoms with Crippen LogP contribution >= 0.6 is 23.2 Å². The van der Waals surface area contributed by atoms with Gasteiger partial charge in [0, 0.05) is 40.0 Å². The molecule has 0 aliphatic rings. The van der Waals surface area contributed by atoms with Crippen molar-refractivity contribution in [1.82, 2.24) is 9.97 Å². The maximum absolute atomic E-state index is 6.14. The third kappa shape index (κ3) is 3.44. The van der Waals surface area contributed by atoms with Crippen LogP contribution in [0.1, 0.15) is 35.6 Å². The first-order valence-corrected chi connectivity index (χ1v) is 6.75. The molecule has 3 nitrogen and oxygen atoms in total. The van der Waals surface area contributed by atoms with E-state index in [9.17, 15) is 0 Å². The molecule has 1 heterocycles. The van der Waals surface area contributed by atoms with Gasteiger partial charge in [-0.25, -0.2) is 9.97 Å². The Hall–Kier alpha value is -1.16. The highest BCUT2D eigenvalue weighted by Crippen LogP contribution is 2.23. The van der Waals surface area contributed by atoms with Crippen molar-refractivity contribution in [3.05, 3.63) is 57.1 Å². The monoisotopic (exact) mass is 295 g/mol. The van der Waals surface area contributed by atoms with Gasteiger partial charge >= 0.3 is 0 Å². The molecular weight excluding hydrogens is 281 g/mol. The Bertz CT molecular complexity index is 597. The van der Waals surface area contributed by atoms with Crippen LogP contribution in [0.3, 0.4) is 0 Å². The van der Waals surface area contributed by atoms with Gasteiger partial charge in [0.1, 0.15) is 5.82 Å². The first-order valence-electron chi connectivity index (χ1n) is 5.99. The largest absolute Gasteiger partial charge is 0.324 e. The molecule has 0 spiro atoms. The van der Waals surface area contributed by atoms with Gasteiger partial charge in [0.2, 0.25) is 0 Å². The van der Waals surface area contributed by atoms with Gasteiger partial charge in [-0.15, -0.1) is 0 Å². The average molecular weight is 296 g/mol. The van der Waals surface area contributed by atoms with Crippen LogP contribution in [0.5, 0.6) is 0 Å². The van der Waals surface area contributed by atoms with Gasteiger partial charge in [-0.3, -0.25) is 0 Å². The Morgan fingerprint density at radius 1 is 1.32 bits per heavy atom. The van der Waals surface area contributed by atoms with Gasteiger partial charge in [-0.05, 0) is 31.5 Å². The van der Waals surface area contributed by atoms with Gasteiger partial charge in [0.25, 0.3) is 0 Å². The third-order valence-electron chi connectivity index (χ3n) is 2.92. The Morgan fingerprint density at radius 3 is 2.63 bits per heavy atom. The molecule has 0 fully saturated rings. The van der Waals surface area contributed by atoms with Gasteiger partial charge in [-0.1, -0.05) is 29.3 Å². The van der Waals surface area contributed by atoms with E-state index < -0.39 is 0 Å². The van der Waals surface area contributed by atoms with Crippen LogP contribution in [-0.2, 0) is 6.42 Å². The zero-order valence-electron chi connectivity index (χ0n) is 10.8. The number of halogens is 2. The molecule has 0 bridgehead atoms. The molecule has 0 unspecified atom stereocenters. The molecule has 0 saturated carbocycles. The van der Waals surface area contributed by atoms with Crippen LogP contribution in [-0.4, -0.2) is 9.97 Å². The fraction of sp³-hybridized carbons (Fsp3) is 0.286. The van der Waals surface area contributed by atoms with Gasteiger partial charge in [-0.2, -0.15) is 0 Å². The summed E-state index contributed by atoms with van der Waals surface area (Å²) in [6, 6.07) is 5.37. The van der Waals surface area contributed by atoms with Crippen molar-refractivity contribution in [2.75, 3.05) is 0 Å². The molecule has 2 N–H and O–H groups in total. The number of rotatable bonds is 3. The summed E-state index contributed by atoms with van der Waals surface area (Å²) >= 11 is 12.0. The molecule has 1 aromatic carbocycles. The molecule has 19 heavy (non-hydrogen) atoms. The Kier molecular flexibility index (Phi) is 4.40. The molecule has 0 radical (unpaired) electrons. The minimum Gasteiger partial charge on any atom is -0.324 e. The zero-order valence-corrected chi connectivity index (χ0v) is 12.3. The summed E-state index contributed by atoms with van der Waals surface area (Å²) in [4.78, 5) is 8.81. The molecule has 1 atom stereocenters. The van der Waals surface area contributed by atoms with E-state index in [0.29, 0.717) is 16.5 Å². The summed E-state index contributed by atoms with van der Waals surface area (Å²) in [7, 11) is 0. The lowest BCUT2D eigenvalue weighted by Gasteiger charge is -2.10. The molecule has 100 valence electrons. The van der Waals surface area contributed by atoms with E-state index in [4.69, 9.17) is 28.9 Å². The molecule has 0 aliphatic heterocycles. The minimum atomic E-state index is -0.0619. The van der Waals surface area contributed by atoms with Gasteiger partial charge in [0.15, 0.2) is 0 Å². The van der Waals surface area contributed by atoms with Crippen molar-refractivity contribution in [3.8, 4) is 0 Å². The number of aryl methyl sites for hydroxylation is 1. The second kappa shape index (κ2) is 5.87. The quantitative estimate of drug-likeness (QED) is 0.939. The van der Waals surface area contributed by atoms with E-state index in [-0.39, 0.29) is 6.04 Å². The molecule has 0 saturated heterocycles. The van der Waals surface area contributed by atoms with Crippen LogP contribution in [0.15, 0.2) is 24.4 Å². The van der Waals surface area contributed by atoms with Crippen molar-refractivity contribution in [3.63, 3.8) is 0 Å². The van der Waals surface area contributed by atoms with Crippen LogP contribution in [0.2, 0.25) is 10.0 Å². The van der Waals surface area contributed by atoms with Crippen molar-refractivity contribution in [2.24, 2.45) is 5.73 Å². The average Bonchev–Trinajstić information content (AvgIpc) is 2.32. The van der Waals surface area contributed by atoms with E-state index in [1.165, 1.54) is 0 Å². The Balaban J connectivity index is 2.26. The standard InChI is InChI=1S/C14H15Cl2N3/c1-8(17)12-7-18-14(19-9(12)2)5-10-3-4-11(15)6-13(10)16/h3-4,6-8H,5,17H2,1-2H3/t8-/m0/s1. The lowest BCUT2D eigenvalue weighted by atomic mass is 10.1. The van der Waals surface area contributed by atoms with Crippen LogP contribution in [0.4, 0.5) is 0 Å². The number of aromatic nitrogens is 2. The summed E-state index contributed by atoms with van der Waals surface area (Å²) in [5.74, 6) is 0.728. The van der Waals surface area contributed by atoms with Gasteiger partial charge in [0.05, 0.1) is 0 Å². The molecule has 0 aliphatic carbocycles. The van der Waals surface area contributed by atoms with E-state index in [2.05, 4.69) is 9.97 Å². The Labute approximate surface area is 122 Å². The van der Waals surface area contributed by atoms with Crippen molar-refractivity contribution >= 4 is 23.2 Å². The molecule has 2 rings (SSSR count). The van der Waals surface area contributed by atoms with Gasteiger partial charge < -0.3 is 5.73 Å². The lowest BCUT2D eigenvalue weighted by Crippen LogP contribution is -2.10. The molecule has 2 aromatic rings. The number of nitrogens with two attached hydrogens (primary N) is 1. The highest BCUT2D eigenvalue weighted by atomic mass is 35.5. The molecule has 0 amide bonds. The van der Waals surface area contributed by atoms with Crippen molar-refractivity contribution in [1.29, 1.82) is 0 Å². The second-order valence-electron chi connectivity index (χ2n) is 4.53. The summed E-state index contributed by atoms with van der Waals surface area (Å²) in [5, 5.41) is 1.25. The fourth-order valence-corrected chi connectivity index (χ4v) is 2.37. The number of benzene rings is 1. The minimum absolute atomic E-state index is 0.0619. The van der Waals surface area contributed by atoms with E-state index >= 15 is 0 Å². The summed E-state index contributed by atoms with van der Waals surface area (Å²) < 4.78 is 0. The van der Waals surface area contributed by atoms with Crippen LogP contribution < -0.4 is 5.73 Å². The maximum atomic E-state index is 6.14. The van der Waals surface area contributed by atoms with E-state index in [1.807, 2.05) is 26.0 Å². The fourth-order valence-electron chi connectivity index (χ4n) is 1.89. The number of hydrogen-bond donors (Lipinski definition) is 1.